The summed E-state index contributed by atoms with van der Waals surface area (Å²) >= 11 is 0. The van der Waals surface area contributed by atoms with E-state index in [4.69, 9.17) is 9.47 Å². The first-order chi connectivity index (χ1) is 15.0. The summed E-state index contributed by atoms with van der Waals surface area (Å²) < 4.78 is 39.8. The molecule has 2 aromatic carbocycles. The second kappa shape index (κ2) is 9.20. The molecule has 1 fully saturated rings. The van der Waals surface area contributed by atoms with Gasteiger partial charge >= 0.3 is 6.61 Å². The van der Waals surface area contributed by atoms with Gasteiger partial charge in [0.1, 0.15) is 19.0 Å². The highest BCUT2D eigenvalue weighted by atomic mass is 19.3. The van der Waals surface area contributed by atoms with Crippen LogP contribution in [0.2, 0.25) is 0 Å². The number of nitrogens with one attached hydrogen (secondary N) is 1. The van der Waals surface area contributed by atoms with E-state index in [1.807, 2.05) is 0 Å². The van der Waals surface area contributed by atoms with Gasteiger partial charge in [-0.05, 0) is 36.2 Å². The van der Waals surface area contributed by atoms with Crippen LogP contribution < -0.4 is 24.4 Å². The summed E-state index contributed by atoms with van der Waals surface area (Å²) in [5.41, 5.74) is 1.55. The smallest absolute Gasteiger partial charge is 0.387 e. The van der Waals surface area contributed by atoms with E-state index >= 15 is 0 Å². The molecule has 164 valence electrons. The van der Waals surface area contributed by atoms with Crippen LogP contribution in [-0.4, -0.2) is 44.7 Å². The number of fused-ring (bicyclic) bond motifs is 1. The molecule has 4 rings (SSSR count). The molecule has 0 radical (unpaired) electrons. The van der Waals surface area contributed by atoms with E-state index in [2.05, 4.69) is 10.1 Å². The molecule has 2 heterocycles. The Hall–Kier alpha value is -3.36. The number of hydrogen-bond acceptors (Lipinski definition) is 5. The molecule has 7 nitrogen and oxygen atoms in total. The molecule has 9 heteroatoms. The van der Waals surface area contributed by atoms with E-state index in [1.54, 1.807) is 35.2 Å². The van der Waals surface area contributed by atoms with Crippen molar-refractivity contribution in [3.8, 4) is 17.2 Å². The van der Waals surface area contributed by atoms with Crippen LogP contribution >= 0.6 is 0 Å². The molecule has 0 aliphatic carbocycles. The first-order valence-corrected chi connectivity index (χ1v) is 10.0. The highest BCUT2D eigenvalue weighted by Crippen LogP contribution is 2.36. The predicted octanol–water partition coefficient (Wildman–Crippen LogP) is 2.77. The number of halogens is 2. The fourth-order valence-corrected chi connectivity index (χ4v) is 3.64. The molecular weight excluding hydrogens is 410 g/mol. The number of ether oxygens (including phenoxy) is 3. The lowest BCUT2D eigenvalue weighted by atomic mass is 10.1. The molecule has 31 heavy (non-hydrogen) atoms. The second-order valence-corrected chi connectivity index (χ2v) is 7.30. The lowest BCUT2D eigenvalue weighted by Gasteiger charge is -2.22. The number of amides is 2. The highest BCUT2D eigenvalue weighted by molar-refractivity contribution is 6.00. The maximum absolute atomic E-state index is 12.5. The van der Waals surface area contributed by atoms with Gasteiger partial charge in [0.25, 0.3) is 0 Å². The number of carbonyl (C=O) groups is 2. The molecule has 2 aliphatic heterocycles. The minimum absolute atomic E-state index is 0.0893. The van der Waals surface area contributed by atoms with Gasteiger partial charge < -0.3 is 24.4 Å². The van der Waals surface area contributed by atoms with Crippen LogP contribution in [0.5, 0.6) is 17.2 Å². The molecule has 0 aromatic heterocycles. The number of carbonyl (C=O) groups excluding carboxylic acids is 2. The van der Waals surface area contributed by atoms with Gasteiger partial charge in [0.2, 0.25) is 11.8 Å². The monoisotopic (exact) mass is 432 g/mol. The minimum atomic E-state index is -2.86. The van der Waals surface area contributed by atoms with Gasteiger partial charge in [0, 0.05) is 31.3 Å². The third kappa shape index (κ3) is 5.04. The van der Waals surface area contributed by atoms with Crippen molar-refractivity contribution in [3.05, 3.63) is 48.0 Å². The second-order valence-electron chi connectivity index (χ2n) is 7.30. The zero-order valence-corrected chi connectivity index (χ0v) is 16.7. The molecule has 2 aliphatic rings. The molecular formula is C22H22F2N2O5. The van der Waals surface area contributed by atoms with Crippen molar-refractivity contribution in [2.24, 2.45) is 5.92 Å². The zero-order chi connectivity index (χ0) is 21.8. The molecule has 0 unspecified atom stereocenters. The Labute approximate surface area is 177 Å². The van der Waals surface area contributed by atoms with Gasteiger partial charge in [-0.15, -0.1) is 0 Å². The lowest BCUT2D eigenvalue weighted by Crippen LogP contribution is -2.34. The fraction of sp³-hybridized carbons (Fsp3) is 0.364. The van der Waals surface area contributed by atoms with E-state index in [-0.39, 0.29) is 24.0 Å². The van der Waals surface area contributed by atoms with E-state index in [9.17, 15) is 18.4 Å². The van der Waals surface area contributed by atoms with Crippen LogP contribution in [0.1, 0.15) is 12.0 Å². The van der Waals surface area contributed by atoms with Crippen molar-refractivity contribution in [2.75, 3.05) is 31.2 Å². The van der Waals surface area contributed by atoms with E-state index in [1.165, 1.54) is 12.1 Å². The van der Waals surface area contributed by atoms with Gasteiger partial charge in [0.15, 0.2) is 11.5 Å². The van der Waals surface area contributed by atoms with Crippen molar-refractivity contribution < 1.29 is 32.6 Å². The lowest BCUT2D eigenvalue weighted by molar-refractivity contribution is -0.126. The molecule has 1 N–H and O–H groups in total. The van der Waals surface area contributed by atoms with Crippen molar-refractivity contribution in [2.45, 2.75) is 19.5 Å². The van der Waals surface area contributed by atoms with Crippen molar-refractivity contribution in [1.29, 1.82) is 0 Å². The van der Waals surface area contributed by atoms with Crippen LogP contribution in [0.3, 0.4) is 0 Å². The average Bonchev–Trinajstić information content (AvgIpc) is 3.16. The van der Waals surface area contributed by atoms with Crippen molar-refractivity contribution in [3.63, 3.8) is 0 Å². The van der Waals surface area contributed by atoms with Gasteiger partial charge in [-0.2, -0.15) is 8.78 Å². The van der Waals surface area contributed by atoms with Gasteiger partial charge in [0.05, 0.1) is 5.92 Å². The van der Waals surface area contributed by atoms with E-state index in [0.717, 1.165) is 5.56 Å². The van der Waals surface area contributed by atoms with Crippen LogP contribution in [0, 0.1) is 5.92 Å². The summed E-state index contributed by atoms with van der Waals surface area (Å²) in [4.78, 5) is 26.6. The normalized spacial score (nSPS) is 17.7. The van der Waals surface area contributed by atoms with Gasteiger partial charge in [-0.1, -0.05) is 12.1 Å². The number of hydrogen-bond donors (Lipinski definition) is 1. The number of nitrogens with zero attached hydrogens (tertiary/aromatic N) is 1. The van der Waals surface area contributed by atoms with Crippen LogP contribution in [0.25, 0.3) is 0 Å². The average molecular weight is 432 g/mol. The van der Waals surface area contributed by atoms with Crippen molar-refractivity contribution >= 4 is 17.5 Å². The Morgan fingerprint density at radius 3 is 2.61 bits per heavy atom. The number of alkyl halides is 2. The Kier molecular flexibility index (Phi) is 6.20. The Morgan fingerprint density at radius 1 is 1.13 bits per heavy atom. The molecule has 0 spiro atoms. The summed E-state index contributed by atoms with van der Waals surface area (Å²) in [6, 6.07) is 11.6. The molecule has 1 saturated heterocycles. The SMILES string of the molecule is O=C(NCCc1ccc(OC(F)F)cc1)[C@@H]1CC(=O)N(c2ccc3c(c2)OCCO3)C1. The number of anilines is 1. The van der Waals surface area contributed by atoms with E-state index < -0.39 is 12.5 Å². The largest absolute Gasteiger partial charge is 0.486 e. The standard InChI is InChI=1S/C22H22F2N2O5/c23-22(24)31-17-4-1-14(2-5-17)7-8-25-21(28)15-11-20(27)26(13-15)16-3-6-18-19(12-16)30-10-9-29-18/h1-6,12,15,22H,7-11,13H2,(H,25,28)/t15-/m1/s1. The summed E-state index contributed by atoms with van der Waals surface area (Å²) in [6.45, 7) is -1.24. The quantitative estimate of drug-likeness (QED) is 0.728. The topological polar surface area (TPSA) is 77.1 Å². The fourth-order valence-electron chi connectivity index (χ4n) is 3.64. The highest BCUT2D eigenvalue weighted by Gasteiger charge is 2.35. The van der Waals surface area contributed by atoms with Gasteiger partial charge in [-0.25, -0.2) is 0 Å². The number of rotatable bonds is 7. The Morgan fingerprint density at radius 2 is 1.87 bits per heavy atom. The zero-order valence-electron chi connectivity index (χ0n) is 16.7. The minimum Gasteiger partial charge on any atom is -0.486 e. The number of benzene rings is 2. The molecule has 2 amide bonds. The Bertz CT molecular complexity index is 951. The van der Waals surface area contributed by atoms with Crippen LogP contribution in [0.15, 0.2) is 42.5 Å². The molecule has 0 saturated carbocycles. The summed E-state index contributed by atoms with van der Waals surface area (Å²) in [6.07, 6.45) is 0.674. The molecule has 1 atom stereocenters. The van der Waals surface area contributed by atoms with Crippen LogP contribution in [-0.2, 0) is 16.0 Å². The maximum Gasteiger partial charge on any atom is 0.387 e. The Balaban J connectivity index is 1.28. The first-order valence-electron chi connectivity index (χ1n) is 10.0. The maximum atomic E-state index is 12.5. The molecule has 2 aromatic rings. The molecule has 0 bridgehead atoms. The van der Waals surface area contributed by atoms with Gasteiger partial charge in [-0.3, -0.25) is 9.59 Å². The van der Waals surface area contributed by atoms with Crippen LogP contribution in [0.4, 0.5) is 14.5 Å². The first kappa shape index (κ1) is 20.9. The summed E-state index contributed by atoms with van der Waals surface area (Å²) in [5, 5.41) is 2.85. The third-order valence-electron chi connectivity index (χ3n) is 5.19. The predicted molar refractivity (Wildman–Crippen MR) is 108 cm³/mol. The summed E-state index contributed by atoms with van der Waals surface area (Å²) in [7, 11) is 0. The third-order valence-corrected chi connectivity index (χ3v) is 5.19. The summed E-state index contributed by atoms with van der Waals surface area (Å²) in [5.74, 6) is 0.575. The van der Waals surface area contributed by atoms with Crippen molar-refractivity contribution in [1.82, 2.24) is 5.32 Å². The van der Waals surface area contributed by atoms with E-state index in [0.29, 0.717) is 49.9 Å².